The standard InChI is InChI=1S/C28H28O14/c1-12(29)38-11-18-21(32)22(33)23(34)27(40-18)41-26-19-15(17(10-39-26)24(35)37-2)7-8-28(19)9-16(25(36)42-28)20(31)13-3-5-14(30)6-4-13/h3-10,15,18-19,21-23,26-27,30,32-34H,11H2,1-2H3/t15-,18-,19-,21-,22+,23-,26+,27+,28-/m1/s1. The van der Waals surface area contributed by atoms with Gasteiger partial charge in [-0.05, 0) is 36.4 Å². The Bertz CT molecular complexity index is 1360. The monoisotopic (exact) mass is 588 g/mol. The summed E-state index contributed by atoms with van der Waals surface area (Å²) in [5, 5.41) is 40.9. The van der Waals surface area contributed by atoms with E-state index in [1.54, 1.807) is 6.08 Å². The summed E-state index contributed by atoms with van der Waals surface area (Å²) in [5.74, 6) is -5.01. The number of methoxy groups -OCH3 is 1. The van der Waals surface area contributed by atoms with E-state index >= 15 is 0 Å². The topological polar surface area (TPSA) is 205 Å². The van der Waals surface area contributed by atoms with Crippen molar-refractivity contribution in [2.75, 3.05) is 13.7 Å². The predicted octanol–water partition coefficient (Wildman–Crippen LogP) is -0.600. The number of aliphatic hydroxyl groups excluding tert-OH is 3. The molecular weight excluding hydrogens is 560 g/mol. The van der Waals surface area contributed by atoms with Crippen LogP contribution in [-0.2, 0) is 42.8 Å². The second kappa shape index (κ2) is 11.3. The van der Waals surface area contributed by atoms with Crippen molar-refractivity contribution in [3.8, 4) is 5.75 Å². The van der Waals surface area contributed by atoms with E-state index < -0.39 is 84.7 Å². The summed E-state index contributed by atoms with van der Waals surface area (Å²) in [5.41, 5.74) is -1.81. The third kappa shape index (κ3) is 5.18. The van der Waals surface area contributed by atoms with Crippen LogP contribution in [0.25, 0.3) is 0 Å². The number of ether oxygens (including phenoxy) is 6. The van der Waals surface area contributed by atoms with E-state index in [-0.39, 0.29) is 22.5 Å². The van der Waals surface area contributed by atoms with E-state index in [0.29, 0.717) is 0 Å². The number of hydrogen-bond acceptors (Lipinski definition) is 14. The number of allylic oxidation sites excluding steroid dienone is 1. The summed E-state index contributed by atoms with van der Waals surface area (Å²) >= 11 is 0. The van der Waals surface area contributed by atoms with Crippen LogP contribution in [0.5, 0.6) is 5.75 Å². The number of aliphatic hydroxyl groups is 3. The van der Waals surface area contributed by atoms with Gasteiger partial charge in [0, 0.05) is 18.4 Å². The van der Waals surface area contributed by atoms with E-state index in [4.69, 9.17) is 28.4 Å². The highest BCUT2D eigenvalue weighted by molar-refractivity contribution is 6.25. The summed E-state index contributed by atoms with van der Waals surface area (Å²) in [6.45, 7) is 0.679. The zero-order valence-corrected chi connectivity index (χ0v) is 22.3. The second-order valence-electron chi connectivity index (χ2n) is 10.1. The van der Waals surface area contributed by atoms with Crippen molar-refractivity contribution in [3.63, 3.8) is 0 Å². The minimum Gasteiger partial charge on any atom is -0.508 e. The first-order valence-corrected chi connectivity index (χ1v) is 12.9. The number of benzene rings is 1. The Morgan fingerprint density at radius 3 is 2.40 bits per heavy atom. The molecule has 224 valence electrons. The van der Waals surface area contributed by atoms with Gasteiger partial charge in [0.2, 0.25) is 6.29 Å². The van der Waals surface area contributed by atoms with Crippen LogP contribution < -0.4 is 0 Å². The molecule has 14 nitrogen and oxygen atoms in total. The van der Waals surface area contributed by atoms with Crippen molar-refractivity contribution < 1.29 is 68.0 Å². The number of carbonyl (C=O) groups is 4. The smallest absolute Gasteiger partial charge is 0.343 e. The van der Waals surface area contributed by atoms with Crippen LogP contribution in [-0.4, -0.2) is 100 Å². The molecule has 14 heteroatoms. The maximum atomic E-state index is 13.2. The van der Waals surface area contributed by atoms with Crippen molar-refractivity contribution in [2.45, 2.75) is 49.5 Å². The molecular formula is C28H28O14. The average Bonchev–Trinajstić information content (AvgIpc) is 3.51. The Morgan fingerprint density at radius 2 is 1.74 bits per heavy atom. The predicted molar refractivity (Wildman–Crippen MR) is 135 cm³/mol. The lowest BCUT2D eigenvalue weighted by Crippen LogP contribution is -2.61. The molecule has 0 aromatic heterocycles. The number of esters is 3. The lowest BCUT2D eigenvalue weighted by Gasteiger charge is -2.44. The molecule has 4 N–H and O–H groups in total. The Kier molecular flexibility index (Phi) is 7.92. The summed E-state index contributed by atoms with van der Waals surface area (Å²) in [7, 11) is 1.17. The van der Waals surface area contributed by atoms with E-state index in [9.17, 15) is 39.6 Å². The number of rotatable bonds is 7. The minimum absolute atomic E-state index is 0.0477. The normalized spacial score (nSPS) is 35.0. The number of hydrogen-bond donors (Lipinski definition) is 4. The largest absolute Gasteiger partial charge is 0.508 e. The molecule has 0 bridgehead atoms. The second-order valence-corrected chi connectivity index (χ2v) is 10.1. The van der Waals surface area contributed by atoms with Gasteiger partial charge >= 0.3 is 17.9 Å². The van der Waals surface area contributed by atoms with E-state index in [0.717, 1.165) is 13.2 Å². The number of Topliss-reactive ketones (excluding diaryl/α,β-unsaturated/α-hetero) is 1. The first-order valence-electron chi connectivity index (χ1n) is 12.9. The van der Waals surface area contributed by atoms with Crippen LogP contribution in [0.15, 0.2) is 59.9 Å². The van der Waals surface area contributed by atoms with Crippen LogP contribution >= 0.6 is 0 Å². The fraction of sp³-hybridized carbons (Fsp3) is 0.429. The Labute approximate surface area is 238 Å². The van der Waals surface area contributed by atoms with Gasteiger partial charge in [-0.1, -0.05) is 6.08 Å². The molecule has 0 saturated carbocycles. The van der Waals surface area contributed by atoms with E-state index in [2.05, 4.69) is 0 Å². The number of phenolic OH excluding ortho intramolecular Hbond substituents is 1. The molecule has 1 aliphatic carbocycles. The van der Waals surface area contributed by atoms with Gasteiger partial charge in [0.15, 0.2) is 17.7 Å². The maximum absolute atomic E-state index is 13.2. The minimum atomic E-state index is -1.79. The van der Waals surface area contributed by atoms with E-state index in [1.807, 2.05) is 0 Å². The molecule has 1 aromatic carbocycles. The highest BCUT2D eigenvalue weighted by Gasteiger charge is 2.60. The lowest BCUT2D eigenvalue weighted by molar-refractivity contribution is -0.344. The third-order valence-electron chi connectivity index (χ3n) is 7.50. The maximum Gasteiger partial charge on any atom is 0.343 e. The van der Waals surface area contributed by atoms with Gasteiger partial charge in [-0.3, -0.25) is 9.59 Å². The molecule has 1 aromatic rings. The van der Waals surface area contributed by atoms with Crippen LogP contribution in [0.3, 0.4) is 0 Å². The van der Waals surface area contributed by atoms with Crippen LogP contribution in [0, 0.1) is 11.8 Å². The van der Waals surface area contributed by atoms with Crippen molar-refractivity contribution in [3.05, 3.63) is 65.5 Å². The lowest BCUT2D eigenvalue weighted by atomic mass is 9.78. The van der Waals surface area contributed by atoms with Crippen molar-refractivity contribution >= 4 is 23.7 Å². The molecule has 9 atom stereocenters. The number of fused-ring (bicyclic) bond motifs is 2. The zero-order chi connectivity index (χ0) is 30.3. The molecule has 0 unspecified atom stereocenters. The molecule has 3 heterocycles. The Balaban J connectivity index is 1.46. The summed E-state index contributed by atoms with van der Waals surface area (Å²) in [4.78, 5) is 50.0. The van der Waals surface area contributed by atoms with Crippen LogP contribution in [0.2, 0.25) is 0 Å². The molecule has 1 spiro atoms. The molecule has 4 aliphatic rings. The molecule has 1 saturated heterocycles. The van der Waals surface area contributed by atoms with Gasteiger partial charge in [-0.25, -0.2) is 9.59 Å². The van der Waals surface area contributed by atoms with Gasteiger partial charge in [0.05, 0.1) is 24.9 Å². The van der Waals surface area contributed by atoms with Gasteiger partial charge < -0.3 is 48.8 Å². The van der Waals surface area contributed by atoms with Gasteiger partial charge in [-0.2, -0.15) is 0 Å². The molecule has 0 amide bonds. The summed E-state index contributed by atoms with van der Waals surface area (Å²) in [6, 6.07) is 5.26. The zero-order valence-electron chi connectivity index (χ0n) is 22.3. The molecule has 5 rings (SSSR count). The summed E-state index contributed by atoms with van der Waals surface area (Å²) < 4.78 is 32.7. The van der Waals surface area contributed by atoms with Crippen LogP contribution in [0.4, 0.5) is 0 Å². The Morgan fingerprint density at radius 1 is 1.02 bits per heavy atom. The van der Waals surface area contributed by atoms with Crippen molar-refractivity contribution in [2.24, 2.45) is 11.8 Å². The molecule has 3 aliphatic heterocycles. The first kappa shape index (κ1) is 29.4. The number of ketones is 1. The molecule has 42 heavy (non-hydrogen) atoms. The van der Waals surface area contributed by atoms with Gasteiger partial charge in [0.25, 0.3) is 0 Å². The highest BCUT2D eigenvalue weighted by atomic mass is 16.8. The SMILES string of the molecule is COC(=O)C1=CO[C@@H](O[C@@H]2O[C@H](COC(C)=O)[C@@H](O)[C@H](O)[C@H]2O)[C@H]2[C@@H]1C=C[C@@]21C=C(C(=O)c2ccc(O)cc2)C(=O)O1. The quantitative estimate of drug-likeness (QED) is 0.103. The van der Waals surface area contributed by atoms with Crippen molar-refractivity contribution in [1.82, 2.24) is 0 Å². The third-order valence-corrected chi connectivity index (χ3v) is 7.50. The fourth-order valence-electron chi connectivity index (χ4n) is 5.37. The molecule has 1 fully saturated rings. The number of aromatic hydroxyl groups is 1. The molecule has 0 radical (unpaired) electrons. The fourth-order valence-corrected chi connectivity index (χ4v) is 5.37. The Hall–Kier alpha value is -4.08. The van der Waals surface area contributed by atoms with Crippen molar-refractivity contribution in [1.29, 1.82) is 0 Å². The number of phenols is 1. The summed E-state index contributed by atoms with van der Waals surface area (Å²) in [6.07, 6.45) is -4.12. The average molecular weight is 589 g/mol. The number of carbonyl (C=O) groups excluding carboxylic acids is 4. The van der Waals surface area contributed by atoms with Gasteiger partial charge in [-0.15, -0.1) is 0 Å². The van der Waals surface area contributed by atoms with E-state index in [1.165, 1.54) is 43.5 Å². The van der Waals surface area contributed by atoms with Crippen LogP contribution in [0.1, 0.15) is 17.3 Å². The highest BCUT2D eigenvalue weighted by Crippen LogP contribution is 2.51. The van der Waals surface area contributed by atoms with Gasteiger partial charge in [0.1, 0.15) is 42.3 Å². The first-order chi connectivity index (χ1) is 20.0.